The van der Waals surface area contributed by atoms with E-state index >= 15 is 0 Å². The third-order valence-electron chi connectivity index (χ3n) is 3.84. The van der Waals surface area contributed by atoms with E-state index in [1.807, 2.05) is 38.1 Å². The zero-order valence-electron chi connectivity index (χ0n) is 13.3. The fourth-order valence-corrected chi connectivity index (χ4v) is 3.40. The van der Waals surface area contributed by atoms with Gasteiger partial charge in [-0.3, -0.25) is 14.4 Å². The van der Waals surface area contributed by atoms with E-state index in [0.717, 1.165) is 21.8 Å². The van der Waals surface area contributed by atoms with Crippen LogP contribution in [0.1, 0.15) is 25.8 Å². The first-order valence-corrected chi connectivity index (χ1v) is 8.72. The molecule has 0 saturated carbocycles. The lowest BCUT2D eigenvalue weighted by Gasteiger charge is -2.30. The highest BCUT2D eigenvalue weighted by Crippen LogP contribution is 2.25. The Morgan fingerprint density at radius 3 is 2.77 bits per heavy atom. The van der Waals surface area contributed by atoms with Crippen molar-refractivity contribution in [3.63, 3.8) is 0 Å². The number of benzene rings is 1. The number of carbonyl (C=O) groups excluding carboxylic acids is 1. The van der Waals surface area contributed by atoms with Crippen molar-refractivity contribution in [1.29, 1.82) is 0 Å². The first-order valence-electron chi connectivity index (χ1n) is 7.16. The summed E-state index contributed by atoms with van der Waals surface area (Å²) in [6, 6.07) is 5.58. The highest BCUT2D eigenvalue weighted by molar-refractivity contribution is 7.84. The second-order valence-corrected chi connectivity index (χ2v) is 6.95. The van der Waals surface area contributed by atoms with Crippen LogP contribution >= 0.6 is 0 Å². The number of hydrogen-bond acceptors (Lipinski definition) is 4. The smallest absolute Gasteiger partial charge is 0.234 e. The molecule has 2 rings (SSSR count). The van der Waals surface area contributed by atoms with Crippen LogP contribution in [0.2, 0.25) is 0 Å². The van der Waals surface area contributed by atoms with E-state index in [4.69, 9.17) is 4.74 Å². The van der Waals surface area contributed by atoms with Crippen molar-refractivity contribution in [2.24, 2.45) is 5.92 Å². The van der Waals surface area contributed by atoms with Gasteiger partial charge in [-0.1, -0.05) is 18.6 Å². The van der Waals surface area contributed by atoms with Gasteiger partial charge < -0.3 is 4.74 Å². The number of ether oxygens (including phenoxy) is 1. The summed E-state index contributed by atoms with van der Waals surface area (Å²) in [5, 5.41) is 0. The molecule has 0 spiro atoms. The molecular weight excluding hydrogens is 300 g/mol. The summed E-state index contributed by atoms with van der Waals surface area (Å²) in [5.41, 5.74) is 7.67. The summed E-state index contributed by atoms with van der Waals surface area (Å²) in [6.45, 7) is 4.05. The zero-order chi connectivity index (χ0) is 16.3. The highest BCUT2D eigenvalue weighted by atomic mass is 32.2. The Bertz CT molecular complexity index is 628. The number of amides is 1. The minimum absolute atomic E-state index is 0.00767. The summed E-state index contributed by atoms with van der Waals surface area (Å²) in [5.74, 6) is 0.936. The number of carbonyl (C=O) groups is 1. The van der Waals surface area contributed by atoms with Crippen molar-refractivity contribution in [3.8, 4) is 5.75 Å². The molecule has 0 aromatic heterocycles. The summed E-state index contributed by atoms with van der Waals surface area (Å²) in [4.78, 5) is 12.1. The van der Waals surface area contributed by atoms with Crippen LogP contribution in [-0.2, 0) is 15.6 Å². The lowest BCUT2D eigenvalue weighted by Crippen LogP contribution is -2.53. The van der Waals surface area contributed by atoms with Gasteiger partial charge in [-0.2, -0.15) is 0 Å². The Hall–Kier alpha value is -1.66. The van der Waals surface area contributed by atoms with Gasteiger partial charge in [0, 0.05) is 17.6 Å². The molecule has 5 nitrogen and oxygen atoms in total. The summed E-state index contributed by atoms with van der Waals surface area (Å²) in [6.07, 6.45) is 4.16. The van der Waals surface area contributed by atoms with Gasteiger partial charge in [0.25, 0.3) is 0 Å². The molecule has 22 heavy (non-hydrogen) atoms. The zero-order valence-corrected chi connectivity index (χ0v) is 14.1. The van der Waals surface area contributed by atoms with Crippen molar-refractivity contribution in [3.05, 3.63) is 29.3 Å². The first kappa shape index (κ1) is 16.7. The topological polar surface area (TPSA) is 67.4 Å². The van der Waals surface area contributed by atoms with E-state index in [2.05, 4.69) is 10.9 Å². The average molecular weight is 322 g/mol. The van der Waals surface area contributed by atoms with Gasteiger partial charge >= 0.3 is 0 Å². The maximum absolute atomic E-state index is 11.9. The molecule has 1 aliphatic rings. The van der Waals surface area contributed by atoms with Crippen molar-refractivity contribution in [2.45, 2.75) is 31.2 Å². The maximum atomic E-state index is 11.9. The highest BCUT2D eigenvalue weighted by Gasteiger charge is 2.26. The Kier molecular flexibility index (Phi) is 5.37. The SMILES string of the molecule is COc1ccc(S(C)=O)c(/C=C(\C)C2NNC(=O)CC2C)c1. The van der Waals surface area contributed by atoms with Gasteiger partial charge in [0.2, 0.25) is 5.91 Å². The van der Waals surface area contributed by atoms with Crippen molar-refractivity contribution in [1.82, 2.24) is 10.9 Å². The number of hydrazine groups is 1. The monoisotopic (exact) mass is 322 g/mol. The third-order valence-corrected chi connectivity index (χ3v) is 4.84. The lowest BCUT2D eigenvalue weighted by atomic mass is 9.90. The van der Waals surface area contributed by atoms with Gasteiger partial charge in [-0.05, 0) is 36.6 Å². The third kappa shape index (κ3) is 3.75. The number of methoxy groups -OCH3 is 1. The number of hydrogen-bond donors (Lipinski definition) is 2. The van der Waals surface area contributed by atoms with Crippen LogP contribution in [0.4, 0.5) is 0 Å². The molecule has 1 aromatic carbocycles. The van der Waals surface area contributed by atoms with Gasteiger partial charge in [0.1, 0.15) is 5.75 Å². The minimum Gasteiger partial charge on any atom is -0.497 e. The van der Waals surface area contributed by atoms with Crippen molar-refractivity contribution >= 4 is 22.8 Å². The molecule has 1 aromatic rings. The average Bonchev–Trinajstić information content (AvgIpc) is 2.46. The molecular formula is C16H22N2O3S. The van der Waals surface area contributed by atoms with Crippen LogP contribution in [0.25, 0.3) is 6.08 Å². The van der Waals surface area contributed by atoms with E-state index in [1.54, 1.807) is 13.4 Å². The summed E-state index contributed by atoms with van der Waals surface area (Å²) < 4.78 is 17.2. The number of rotatable bonds is 4. The molecule has 1 saturated heterocycles. The molecule has 3 atom stereocenters. The molecule has 1 aliphatic heterocycles. The van der Waals surface area contributed by atoms with Crippen LogP contribution in [0.15, 0.2) is 28.7 Å². The molecule has 3 unspecified atom stereocenters. The normalized spacial score (nSPS) is 23.8. The quantitative estimate of drug-likeness (QED) is 0.888. The van der Waals surface area contributed by atoms with Crippen molar-refractivity contribution in [2.75, 3.05) is 13.4 Å². The predicted octanol–water partition coefficient (Wildman–Crippen LogP) is 1.87. The largest absolute Gasteiger partial charge is 0.497 e. The fourth-order valence-electron chi connectivity index (χ4n) is 2.69. The lowest BCUT2D eigenvalue weighted by molar-refractivity contribution is -0.125. The Labute approximate surface area is 133 Å². The fraction of sp³-hybridized carbons (Fsp3) is 0.438. The second-order valence-electron chi connectivity index (χ2n) is 5.60. The van der Waals surface area contributed by atoms with E-state index in [-0.39, 0.29) is 17.9 Å². The van der Waals surface area contributed by atoms with Crippen LogP contribution in [0.5, 0.6) is 5.75 Å². The molecule has 1 amide bonds. The second kappa shape index (κ2) is 7.07. The molecule has 1 heterocycles. The molecule has 1 fully saturated rings. The van der Waals surface area contributed by atoms with Crippen molar-refractivity contribution < 1.29 is 13.7 Å². The Morgan fingerprint density at radius 2 is 2.18 bits per heavy atom. The predicted molar refractivity (Wildman–Crippen MR) is 87.8 cm³/mol. The molecule has 6 heteroatoms. The molecule has 0 bridgehead atoms. The summed E-state index contributed by atoms with van der Waals surface area (Å²) in [7, 11) is 0.533. The standard InChI is InChI=1S/C16H22N2O3S/c1-10(16-11(2)8-15(19)17-18-16)7-12-9-13(21-3)5-6-14(12)22(4)20/h5-7,9,11,16,18H,8H2,1-4H3,(H,17,19)/b10-7+. The van der Waals surface area contributed by atoms with Crippen LogP contribution in [0, 0.1) is 5.92 Å². The van der Waals surface area contributed by atoms with E-state index in [0.29, 0.717) is 6.42 Å². The minimum atomic E-state index is -1.08. The van der Waals surface area contributed by atoms with Crippen LogP contribution in [-0.4, -0.2) is 29.5 Å². The maximum Gasteiger partial charge on any atom is 0.234 e. The molecule has 0 radical (unpaired) electrons. The van der Waals surface area contributed by atoms with E-state index in [1.165, 1.54) is 0 Å². The Balaban J connectivity index is 2.34. The Morgan fingerprint density at radius 1 is 1.45 bits per heavy atom. The van der Waals surface area contributed by atoms with E-state index < -0.39 is 10.8 Å². The van der Waals surface area contributed by atoms with Crippen LogP contribution < -0.4 is 15.6 Å². The van der Waals surface area contributed by atoms with Crippen LogP contribution in [0.3, 0.4) is 0 Å². The van der Waals surface area contributed by atoms with E-state index in [9.17, 15) is 9.00 Å². The molecule has 0 aliphatic carbocycles. The summed E-state index contributed by atoms with van der Waals surface area (Å²) >= 11 is 0. The van der Waals surface area contributed by atoms with Gasteiger partial charge in [-0.15, -0.1) is 0 Å². The van der Waals surface area contributed by atoms with Gasteiger partial charge in [0.05, 0.1) is 24.0 Å². The van der Waals surface area contributed by atoms with Gasteiger partial charge in [0.15, 0.2) is 0 Å². The number of nitrogens with one attached hydrogen (secondary N) is 2. The van der Waals surface area contributed by atoms with Gasteiger partial charge in [-0.25, -0.2) is 5.43 Å². The first-order chi connectivity index (χ1) is 10.4. The molecule has 2 N–H and O–H groups in total. The molecule has 120 valence electrons.